The maximum absolute atomic E-state index is 11.8. The van der Waals surface area contributed by atoms with E-state index in [2.05, 4.69) is 30.9 Å². The summed E-state index contributed by atoms with van der Waals surface area (Å²) in [5, 5.41) is 0. The Balaban J connectivity index is 2.53. The minimum atomic E-state index is 0.175. The van der Waals surface area contributed by atoms with Gasteiger partial charge in [0.2, 0.25) is 0 Å². The van der Waals surface area contributed by atoms with Gasteiger partial charge >= 0.3 is 0 Å². The van der Waals surface area contributed by atoms with E-state index in [1.54, 1.807) is 0 Å². The van der Waals surface area contributed by atoms with Gasteiger partial charge in [-0.05, 0) is 31.5 Å². The zero-order valence-corrected chi connectivity index (χ0v) is 11.4. The van der Waals surface area contributed by atoms with Crippen LogP contribution in [0.3, 0.4) is 0 Å². The zero-order chi connectivity index (χ0) is 12.8. The summed E-state index contributed by atoms with van der Waals surface area (Å²) in [4.78, 5) is 13.9. The topological polar surface area (TPSA) is 20.3 Å². The Morgan fingerprint density at radius 2 is 2.00 bits per heavy atom. The number of Topliss-reactive ketones (excluding diaryl/α,β-unsaturated/α-hetero) is 1. The molecule has 17 heavy (non-hydrogen) atoms. The van der Waals surface area contributed by atoms with Crippen LogP contribution in [-0.2, 0) is 11.3 Å². The molecule has 0 N–H and O–H groups in total. The quantitative estimate of drug-likeness (QED) is 0.752. The van der Waals surface area contributed by atoms with Crippen molar-refractivity contribution in [3.63, 3.8) is 0 Å². The molecule has 0 radical (unpaired) electrons. The average molecular weight is 233 g/mol. The van der Waals surface area contributed by atoms with Crippen LogP contribution >= 0.6 is 0 Å². The summed E-state index contributed by atoms with van der Waals surface area (Å²) in [6, 6.07) is 8.33. The Kier molecular flexibility index (Phi) is 5.36. The van der Waals surface area contributed by atoms with Crippen molar-refractivity contribution in [2.75, 3.05) is 13.6 Å². The fourth-order valence-electron chi connectivity index (χ4n) is 1.78. The molecule has 0 aromatic heterocycles. The maximum atomic E-state index is 11.8. The van der Waals surface area contributed by atoms with Gasteiger partial charge in [0, 0.05) is 12.5 Å². The van der Waals surface area contributed by atoms with Crippen LogP contribution in [-0.4, -0.2) is 24.3 Å². The SMILES string of the molecule is CCC(C)C(=O)CN(C)Cc1ccccc1C. The van der Waals surface area contributed by atoms with Crippen LogP contribution in [0, 0.1) is 12.8 Å². The second-order valence-electron chi connectivity index (χ2n) is 4.87. The molecule has 0 bridgehead atoms. The summed E-state index contributed by atoms with van der Waals surface area (Å²) in [6.07, 6.45) is 0.928. The first kappa shape index (κ1) is 13.9. The molecule has 94 valence electrons. The second-order valence-corrected chi connectivity index (χ2v) is 4.87. The molecule has 2 heteroatoms. The first-order chi connectivity index (χ1) is 8.04. The molecular formula is C15H23NO. The Bertz CT molecular complexity index is 373. The zero-order valence-electron chi connectivity index (χ0n) is 11.4. The molecule has 0 spiro atoms. The first-order valence-electron chi connectivity index (χ1n) is 6.30. The fraction of sp³-hybridized carbons (Fsp3) is 0.533. The van der Waals surface area contributed by atoms with Crippen LogP contribution in [0.1, 0.15) is 31.4 Å². The fourth-order valence-corrected chi connectivity index (χ4v) is 1.78. The van der Waals surface area contributed by atoms with Gasteiger partial charge in [-0.2, -0.15) is 0 Å². The van der Waals surface area contributed by atoms with Gasteiger partial charge in [-0.25, -0.2) is 0 Å². The van der Waals surface area contributed by atoms with Crippen LogP contribution in [0.25, 0.3) is 0 Å². The molecule has 0 aliphatic carbocycles. The molecule has 0 fully saturated rings. The smallest absolute Gasteiger partial charge is 0.149 e. The number of nitrogens with zero attached hydrogens (tertiary/aromatic N) is 1. The molecule has 1 unspecified atom stereocenters. The lowest BCUT2D eigenvalue weighted by Gasteiger charge is -2.19. The second kappa shape index (κ2) is 6.55. The van der Waals surface area contributed by atoms with Gasteiger partial charge in [0.05, 0.1) is 6.54 Å². The largest absolute Gasteiger partial charge is 0.298 e. The Morgan fingerprint density at radius 3 is 2.59 bits per heavy atom. The molecule has 0 amide bonds. The van der Waals surface area contributed by atoms with E-state index in [9.17, 15) is 4.79 Å². The minimum Gasteiger partial charge on any atom is -0.298 e. The summed E-state index contributed by atoms with van der Waals surface area (Å²) in [6.45, 7) is 7.56. The summed E-state index contributed by atoms with van der Waals surface area (Å²) in [5.41, 5.74) is 2.59. The Hall–Kier alpha value is -1.15. The van der Waals surface area contributed by atoms with E-state index < -0.39 is 0 Å². The monoisotopic (exact) mass is 233 g/mol. The Morgan fingerprint density at radius 1 is 1.35 bits per heavy atom. The number of hydrogen-bond donors (Lipinski definition) is 0. The van der Waals surface area contributed by atoms with Crippen molar-refractivity contribution in [1.29, 1.82) is 0 Å². The van der Waals surface area contributed by atoms with E-state index in [0.717, 1.165) is 13.0 Å². The van der Waals surface area contributed by atoms with E-state index >= 15 is 0 Å². The third-order valence-corrected chi connectivity index (χ3v) is 3.29. The third kappa shape index (κ3) is 4.31. The van der Waals surface area contributed by atoms with Crippen LogP contribution < -0.4 is 0 Å². The average Bonchev–Trinajstić information content (AvgIpc) is 2.31. The summed E-state index contributed by atoms with van der Waals surface area (Å²) in [5.74, 6) is 0.512. The van der Waals surface area contributed by atoms with Crippen molar-refractivity contribution in [1.82, 2.24) is 4.90 Å². The van der Waals surface area contributed by atoms with Gasteiger partial charge < -0.3 is 0 Å². The van der Waals surface area contributed by atoms with E-state index in [4.69, 9.17) is 0 Å². The van der Waals surface area contributed by atoms with E-state index in [1.165, 1.54) is 11.1 Å². The predicted octanol–water partition coefficient (Wildman–Crippen LogP) is 3.04. The number of aryl methyl sites for hydroxylation is 1. The molecule has 0 aliphatic rings. The van der Waals surface area contributed by atoms with Gasteiger partial charge in [0.15, 0.2) is 0 Å². The third-order valence-electron chi connectivity index (χ3n) is 3.29. The van der Waals surface area contributed by atoms with Gasteiger partial charge in [-0.3, -0.25) is 9.69 Å². The number of rotatable bonds is 6. The van der Waals surface area contributed by atoms with Crippen molar-refractivity contribution in [3.05, 3.63) is 35.4 Å². The van der Waals surface area contributed by atoms with Gasteiger partial charge in [-0.15, -0.1) is 0 Å². The molecule has 1 rings (SSSR count). The van der Waals surface area contributed by atoms with Crippen LogP contribution in [0.15, 0.2) is 24.3 Å². The molecule has 2 nitrogen and oxygen atoms in total. The number of likely N-dealkylation sites (N-methyl/N-ethyl adjacent to an activating group) is 1. The molecule has 0 heterocycles. The predicted molar refractivity (Wildman–Crippen MR) is 72.0 cm³/mol. The lowest BCUT2D eigenvalue weighted by molar-refractivity contribution is -0.123. The van der Waals surface area contributed by atoms with Gasteiger partial charge in [0.25, 0.3) is 0 Å². The normalized spacial score (nSPS) is 12.8. The Labute approximate surface area is 105 Å². The lowest BCUT2D eigenvalue weighted by Crippen LogP contribution is -2.29. The van der Waals surface area contributed by atoms with Crippen molar-refractivity contribution in [2.45, 2.75) is 33.7 Å². The molecule has 1 aromatic carbocycles. The van der Waals surface area contributed by atoms with Gasteiger partial charge in [-0.1, -0.05) is 38.1 Å². The van der Waals surface area contributed by atoms with Crippen molar-refractivity contribution < 1.29 is 4.79 Å². The molecule has 0 saturated heterocycles. The van der Waals surface area contributed by atoms with E-state index in [-0.39, 0.29) is 5.92 Å². The van der Waals surface area contributed by atoms with Crippen LogP contribution in [0.5, 0.6) is 0 Å². The lowest BCUT2D eigenvalue weighted by atomic mass is 10.0. The number of carbonyl (C=O) groups is 1. The van der Waals surface area contributed by atoms with Crippen LogP contribution in [0.2, 0.25) is 0 Å². The molecule has 1 atom stereocenters. The standard InChI is InChI=1S/C15H23NO/c1-5-12(2)15(17)11-16(4)10-14-9-7-6-8-13(14)3/h6-9,12H,5,10-11H2,1-4H3. The van der Waals surface area contributed by atoms with Crippen molar-refractivity contribution in [2.24, 2.45) is 5.92 Å². The van der Waals surface area contributed by atoms with E-state index in [1.807, 2.05) is 26.1 Å². The van der Waals surface area contributed by atoms with Crippen molar-refractivity contribution >= 4 is 5.78 Å². The summed E-state index contributed by atoms with van der Waals surface area (Å²) < 4.78 is 0. The molecule has 1 aromatic rings. The highest BCUT2D eigenvalue weighted by atomic mass is 16.1. The first-order valence-corrected chi connectivity index (χ1v) is 6.30. The summed E-state index contributed by atoms with van der Waals surface area (Å²) in [7, 11) is 2.01. The minimum absolute atomic E-state index is 0.175. The van der Waals surface area contributed by atoms with Crippen molar-refractivity contribution in [3.8, 4) is 0 Å². The molecular weight excluding hydrogens is 210 g/mol. The van der Waals surface area contributed by atoms with E-state index in [0.29, 0.717) is 12.3 Å². The highest BCUT2D eigenvalue weighted by Gasteiger charge is 2.13. The number of hydrogen-bond acceptors (Lipinski definition) is 2. The maximum Gasteiger partial charge on any atom is 0.149 e. The van der Waals surface area contributed by atoms with Gasteiger partial charge in [0.1, 0.15) is 5.78 Å². The molecule has 0 aliphatic heterocycles. The number of benzene rings is 1. The number of carbonyl (C=O) groups excluding carboxylic acids is 1. The summed E-state index contributed by atoms with van der Waals surface area (Å²) >= 11 is 0. The highest BCUT2D eigenvalue weighted by Crippen LogP contribution is 2.10. The number of ketones is 1. The highest BCUT2D eigenvalue weighted by molar-refractivity contribution is 5.82. The molecule has 0 saturated carbocycles. The van der Waals surface area contributed by atoms with Crippen LogP contribution in [0.4, 0.5) is 0 Å².